The second kappa shape index (κ2) is 11.0. The van der Waals surface area contributed by atoms with Crippen molar-refractivity contribution in [1.82, 2.24) is 10.3 Å². The average Bonchev–Trinajstić information content (AvgIpc) is 3.13. The Morgan fingerprint density at radius 2 is 1.71 bits per heavy atom. The molecule has 0 spiro atoms. The Morgan fingerprint density at radius 3 is 2.29 bits per heavy atom. The predicted molar refractivity (Wildman–Crippen MR) is 132 cm³/mol. The summed E-state index contributed by atoms with van der Waals surface area (Å²) in [5, 5.41) is 13.9. The third-order valence-electron chi connectivity index (χ3n) is 4.77. The highest BCUT2D eigenvalue weighted by atomic mass is 32.2. The molecule has 0 radical (unpaired) electrons. The van der Waals surface area contributed by atoms with Gasteiger partial charge in [0.2, 0.25) is 5.91 Å². The molecular formula is C23H24N4O5S2. The van der Waals surface area contributed by atoms with Crippen LogP contribution in [-0.2, 0) is 33.9 Å². The van der Waals surface area contributed by atoms with Crippen molar-refractivity contribution in [3.8, 4) is 0 Å². The van der Waals surface area contributed by atoms with Gasteiger partial charge in [0.15, 0.2) is 15.0 Å². The molecule has 0 saturated carbocycles. The van der Waals surface area contributed by atoms with Gasteiger partial charge in [0.25, 0.3) is 0 Å². The Kier molecular flexibility index (Phi) is 8.13. The lowest BCUT2D eigenvalue weighted by atomic mass is 10.0. The minimum atomic E-state index is -3.26. The van der Waals surface area contributed by atoms with Crippen LogP contribution in [0.15, 0.2) is 58.4 Å². The number of carboxylic acid groups (broad SMARTS) is 1. The second-order valence-corrected chi connectivity index (χ2v) is 10.6. The minimum Gasteiger partial charge on any atom is -0.465 e. The number of carbonyl (C=O) groups is 2. The van der Waals surface area contributed by atoms with Crippen molar-refractivity contribution in [3.63, 3.8) is 0 Å². The van der Waals surface area contributed by atoms with Crippen molar-refractivity contribution in [2.45, 2.75) is 31.1 Å². The van der Waals surface area contributed by atoms with Gasteiger partial charge in [-0.3, -0.25) is 10.1 Å². The van der Waals surface area contributed by atoms with Gasteiger partial charge in [0.05, 0.1) is 22.6 Å². The quantitative estimate of drug-likeness (QED) is 0.302. The van der Waals surface area contributed by atoms with Crippen molar-refractivity contribution < 1.29 is 23.1 Å². The molecule has 0 saturated heterocycles. The molecule has 178 valence electrons. The Balaban J connectivity index is 1.73. The van der Waals surface area contributed by atoms with E-state index in [1.807, 2.05) is 12.1 Å². The summed E-state index contributed by atoms with van der Waals surface area (Å²) in [6.07, 6.45) is 3.04. The lowest BCUT2D eigenvalue weighted by molar-refractivity contribution is -0.114. The van der Waals surface area contributed by atoms with Crippen LogP contribution in [0.25, 0.3) is 0 Å². The van der Waals surface area contributed by atoms with Crippen molar-refractivity contribution in [1.29, 1.82) is 0 Å². The maximum Gasteiger partial charge on any atom is 0.409 e. The van der Waals surface area contributed by atoms with Crippen LogP contribution >= 0.6 is 11.3 Å². The molecule has 3 rings (SSSR count). The molecule has 2 aromatic carbocycles. The van der Waals surface area contributed by atoms with Crippen LogP contribution < -0.4 is 10.6 Å². The van der Waals surface area contributed by atoms with Gasteiger partial charge in [0, 0.05) is 24.5 Å². The summed E-state index contributed by atoms with van der Waals surface area (Å²) in [5.74, 6) is -0.196. The molecule has 9 nitrogen and oxygen atoms in total. The first-order chi connectivity index (χ1) is 16.1. The van der Waals surface area contributed by atoms with Gasteiger partial charge in [-0.1, -0.05) is 24.3 Å². The summed E-state index contributed by atoms with van der Waals surface area (Å²) < 4.78 is 23.4. The van der Waals surface area contributed by atoms with Gasteiger partial charge in [-0.25, -0.2) is 23.2 Å². The number of aliphatic imine (C=N–C) groups is 1. The highest BCUT2D eigenvalue weighted by Crippen LogP contribution is 2.27. The topological polar surface area (TPSA) is 138 Å². The van der Waals surface area contributed by atoms with Gasteiger partial charge in [-0.2, -0.15) is 0 Å². The number of anilines is 1. The maximum atomic E-state index is 11.7. The van der Waals surface area contributed by atoms with Crippen molar-refractivity contribution in [3.05, 3.63) is 70.2 Å². The van der Waals surface area contributed by atoms with E-state index in [2.05, 4.69) is 20.6 Å². The van der Waals surface area contributed by atoms with E-state index in [-0.39, 0.29) is 10.8 Å². The molecule has 1 heterocycles. The number of sulfone groups is 1. The molecule has 0 atom stereocenters. The lowest BCUT2D eigenvalue weighted by Gasteiger charge is -2.05. The Morgan fingerprint density at radius 1 is 1.06 bits per heavy atom. The number of hydrogen-bond donors (Lipinski definition) is 3. The zero-order chi connectivity index (χ0) is 24.7. The fraction of sp³-hybridized carbons (Fsp3) is 0.217. The molecule has 0 unspecified atom stereocenters. The highest BCUT2D eigenvalue weighted by molar-refractivity contribution is 7.90. The summed E-state index contributed by atoms with van der Waals surface area (Å²) in [7, 11) is -3.26. The number of aryl methyl sites for hydroxylation is 2. The van der Waals surface area contributed by atoms with E-state index >= 15 is 0 Å². The summed E-state index contributed by atoms with van der Waals surface area (Å²) >= 11 is 1.41. The number of carbonyl (C=O) groups excluding carboxylic acids is 1. The first-order valence-electron chi connectivity index (χ1n) is 10.3. The standard InChI is InChI=1S/C23H24N4O5S2/c1-15(28)26-22-27-20(12-7-16-3-8-18(9-4-16)24-14-25-23(29)30)21(33-22)13-17-5-10-19(11-6-17)34(2,31)32/h3-6,8-11,14H,7,12-13H2,1-2H3,(H,24,25)(H,29,30)(H,26,27,28). The number of hydrogen-bond acceptors (Lipinski definition) is 7. The van der Waals surface area contributed by atoms with Gasteiger partial charge >= 0.3 is 6.09 Å². The number of nitrogens with one attached hydrogen (secondary N) is 2. The smallest absolute Gasteiger partial charge is 0.409 e. The fourth-order valence-electron chi connectivity index (χ4n) is 3.13. The molecule has 0 aliphatic rings. The molecule has 1 aromatic heterocycles. The molecule has 0 bridgehead atoms. The zero-order valence-electron chi connectivity index (χ0n) is 18.6. The van der Waals surface area contributed by atoms with Gasteiger partial charge in [-0.05, 0) is 48.2 Å². The number of thiazole rings is 1. The monoisotopic (exact) mass is 500 g/mol. The Labute approximate surface area is 201 Å². The van der Waals surface area contributed by atoms with E-state index < -0.39 is 15.9 Å². The minimum absolute atomic E-state index is 0.196. The van der Waals surface area contributed by atoms with E-state index in [0.717, 1.165) is 28.0 Å². The first kappa shape index (κ1) is 25.1. The molecule has 0 fully saturated rings. The predicted octanol–water partition coefficient (Wildman–Crippen LogP) is 3.81. The number of benzene rings is 2. The van der Waals surface area contributed by atoms with Crippen LogP contribution in [0.5, 0.6) is 0 Å². The van der Waals surface area contributed by atoms with Crippen molar-refractivity contribution in [2.24, 2.45) is 4.99 Å². The molecule has 34 heavy (non-hydrogen) atoms. The molecule has 11 heteroatoms. The van der Waals surface area contributed by atoms with E-state index in [4.69, 9.17) is 5.11 Å². The molecule has 3 N–H and O–H groups in total. The van der Waals surface area contributed by atoms with Gasteiger partial charge in [-0.15, -0.1) is 11.3 Å². The van der Waals surface area contributed by atoms with Crippen LogP contribution in [0.4, 0.5) is 15.6 Å². The fourth-order valence-corrected chi connectivity index (χ4v) is 4.85. The van der Waals surface area contributed by atoms with E-state index in [9.17, 15) is 18.0 Å². The van der Waals surface area contributed by atoms with Crippen LogP contribution in [0.3, 0.4) is 0 Å². The molecule has 0 aliphatic carbocycles. The van der Waals surface area contributed by atoms with E-state index in [0.29, 0.717) is 30.1 Å². The normalized spacial score (nSPS) is 11.5. The van der Waals surface area contributed by atoms with Crippen molar-refractivity contribution >= 4 is 50.3 Å². The van der Waals surface area contributed by atoms with Crippen molar-refractivity contribution in [2.75, 3.05) is 11.6 Å². The lowest BCUT2D eigenvalue weighted by Crippen LogP contribution is -2.17. The third-order valence-corrected chi connectivity index (χ3v) is 6.91. The van der Waals surface area contributed by atoms with Crippen LogP contribution in [0.1, 0.15) is 28.6 Å². The zero-order valence-corrected chi connectivity index (χ0v) is 20.2. The summed E-state index contributed by atoms with van der Waals surface area (Å²) in [5.41, 5.74) is 3.50. The molecule has 3 aromatic rings. The molecule has 0 aliphatic heterocycles. The van der Waals surface area contributed by atoms with E-state index in [1.165, 1.54) is 24.5 Å². The summed E-state index contributed by atoms with van der Waals surface area (Å²) in [6, 6.07) is 14.2. The van der Waals surface area contributed by atoms with Gasteiger partial charge in [0.1, 0.15) is 0 Å². The number of nitrogens with zero attached hydrogens (tertiary/aromatic N) is 2. The van der Waals surface area contributed by atoms with Crippen LogP contribution in [0, 0.1) is 0 Å². The van der Waals surface area contributed by atoms with Crippen LogP contribution in [-0.4, -0.2) is 43.1 Å². The summed E-state index contributed by atoms with van der Waals surface area (Å²) in [4.78, 5) is 31.8. The second-order valence-electron chi connectivity index (χ2n) is 7.54. The maximum absolute atomic E-state index is 11.7. The Bertz CT molecular complexity index is 1300. The first-order valence-corrected chi connectivity index (χ1v) is 13.0. The third kappa shape index (κ3) is 7.49. The highest BCUT2D eigenvalue weighted by Gasteiger charge is 2.14. The average molecular weight is 501 g/mol. The molecular weight excluding hydrogens is 476 g/mol. The SMILES string of the molecule is CC(=O)Nc1nc(CCc2ccc(N=CNC(=O)O)cc2)c(Cc2ccc(S(C)(=O)=O)cc2)s1. The largest absolute Gasteiger partial charge is 0.465 e. The number of amides is 2. The van der Waals surface area contributed by atoms with E-state index in [1.54, 1.807) is 36.4 Å². The number of rotatable bonds is 9. The number of aromatic nitrogens is 1. The summed E-state index contributed by atoms with van der Waals surface area (Å²) in [6.45, 7) is 1.43. The molecule has 2 amide bonds. The Hall–Kier alpha value is -3.57. The van der Waals surface area contributed by atoms with Crippen LogP contribution in [0.2, 0.25) is 0 Å². The van der Waals surface area contributed by atoms with Gasteiger partial charge < -0.3 is 10.4 Å².